The van der Waals surface area contributed by atoms with E-state index in [4.69, 9.17) is 4.74 Å². The van der Waals surface area contributed by atoms with Gasteiger partial charge in [-0.1, -0.05) is 12.1 Å². The molecule has 1 aliphatic rings. The largest absolute Gasteiger partial charge is 0.473 e. The SMILES string of the molecule is Cl.Fc1ccc(F)c(-n2nc(OC3CCNCC3)c3ccccc32)c1. The van der Waals surface area contributed by atoms with Crippen molar-refractivity contribution < 1.29 is 13.5 Å². The third kappa shape index (κ3) is 3.45. The number of hydrogen-bond acceptors (Lipinski definition) is 3. The summed E-state index contributed by atoms with van der Waals surface area (Å²) in [6.07, 6.45) is 1.88. The van der Waals surface area contributed by atoms with Crippen LogP contribution in [0.15, 0.2) is 42.5 Å². The van der Waals surface area contributed by atoms with Crippen LogP contribution in [0.25, 0.3) is 16.6 Å². The number of nitrogens with one attached hydrogen (secondary N) is 1. The van der Waals surface area contributed by atoms with Gasteiger partial charge in [-0.3, -0.25) is 0 Å². The van der Waals surface area contributed by atoms with Gasteiger partial charge in [-0.05, 0) is 50.2 Å². The van der Waals surface area contributed by atoms with E-state index in [9.17, 15) is 8.78 Å². The lowest BCUT2D eigenvalue weighted by Crippen LogP contribution is -2.34. The molecule has 0 radical (unpaired) electrons. The molecular weight excluding hydrogens is 348 g/mol. The zero-order valence-corrected chi connectivity index (χ0v) is 14.2. The Morgan fingerprint density at radius 2 is 1.84 bits per heavy atom. The van der Waals surface area contributed by atoms with Gasteiger partial charge in [0.2, 0.25) is 5.88 Å². The smallest absolute Gasteiger partial charge is 0.241 e. The Bertz CT molecular complexity index is 878. The Balaban J connectivity index is 0.00000182. The third-order valence-corrected chi connectivity index (χ3v) is 4.25. The summed E-state index contributed by atoms with van der Waals surface area (Å²) in [7, 11) is 0. The quantitative estimate of drug-likeness (QED) is 0.766. The van der Waals surface area contributed by atoms with Gasteiger partial charge in [0.05, 0.1) is 10.9 Å². The maximum atomic E-state index is 14.2. The highest BCUT2D eigenvalue weighted by atomic mass is 35.5. The number of piperidine rings is 1. The monoisotopic (exact) mass is 365 g/mol. The van der Waals surface area contributed by atoms with Gasteiger partial charge in [0.25, 0.3) is 0 Å². The molecule has 0 bridgehead atoms. The number of rotatable bonds is 3. The van der Waals surface area contributed by atoms with E-state index in [0.29, 0.717) is 11.4 Å². The van der Waals surface area contributed by atoms with Crippen molar-refractivity contribution in [3.63, 3.8) is 0 Å². The van der Waals surface area contributed by atoms with Crippen LogP contribution in [0.3, 0.4) is 0 Å². The fraction of sp³-hybridized carbons (Fsp3) is 0.278. The van der Waals surface area contributed by atoms with E-state index in [1.807, 2.05) is 24.3 Å². The minimum Gasteiger partial charge on any atom is -0.473 e. The zero-order valence-electron chi connectivity index (χ0n) is 13.4. The minimum absolute atomic E-state index is 0. The van der Waals surface area contributed by atoms with Crippen molar-refractivity contribution in [1.29, 1.82) is 0 Å². The fourth-order valence-electron chi connectivity index (χ4n) is 3.03. The van der Waals surface area contributed by atoms with Crippen LogP contribution in [0.1, 0.15) is 12.8 Å². The highest BCUT2D eigenvalue weighted by Gasteiger charge is 2.20. The molecule has 25 heavy (non-hydrogen) atoms. The summed E-state index contributed by atoms with van der Waals surface area (Å²) in [6.45, 7) is 1.81. The maximum absolute atomic E-state index is 14.2. The van der Waals surface area contributed by atoms with Gasteiger partial charge < -0.3 is 10.1 Å². The second-order valence-electron chi connectivity index (χ2n) is 5.90. The summed E-state index contributed by atoms with van der Waals surface area (Å²) < 4.78 is 35.2. The number of halogens is 3. The maximum Gasteiger partial charge on any atom is 0.241 e. The zero-order chi connectivity index (χ0) is 16.5. The van der Waals surface area contributed by atoms with E-state index in [1.165, 1.54) is 4.68 Å². The number of aromatic nitrogens is 2. The van der Waals surface area contributed by atoms with E-state index in [1.54, 1.807) is 0 Å². The van der Waals surface area contributed by atoms with E-state index in [-0.39, 0.29) is 24.2 Å². The van der Waals surface area contributed by atoms with Crippen molar-refractivity contribution in [3.05, 3.63) is 54.1 Å². The summed E-state index contributed by atoms with van der Waals surface area (Å²) in [5.41, 5.74) is 0.761. The first-order chi connectivity index (χ1) is 11.7. The number of hydrogen-bond donors (Lipinski definition) is 1. The normalized spacial score (nSPS) is 15.1. The van der Waals surface area contributed by atoms with Crippen LogP contribution in [0.4, 0.5) is 8.78 Å². The number of para-hydroxylation sites is 1. The molecule has 0 aliphatic carbocycles. The van der Waals surface area contributed by atoms with Crippen LogP contribution in [0, 0.1) is 11.6 Å². The molecule has 1 fully saturated rings. The van der Waals surface area contributed by atoms with Crippen molar-refractivity contribution in [2.45, 2.75) is 18.9 Å². The van der Waals surface area contributed by atoms with Crippen LogP contribution >= 0.6 is 12.4 Å². The first-order valence-corrected chi connectivity index (χ1v) is 8.03. The second kappa shape index (κ2) is 7.37. The number of nitrogens with zero attached hydrogens (tertiary/aromatic N) is 2. The molecular formula is C18H18ClF2N3O. The lowest BCUT2D eigenvalue weighted by atomic mass is 10.1. The Hall–Kier alpha value is -2.18. The highest BCUT2D eigenvalue weighted by molar-refractivity contribution is 5.86. The molecule has 3 aromatic rings. The van der Waals surface area contributed by atoms with Crippen LogP contribution in [0.2, 0.25) is 0 Å². The molecule has 1 saturated heterocycles. The number of benzene rings is 2. The Kier molecular flexibility index (Phi) is 5.20. The van der Waals surface area contributed by atoms with E-state index in [2.05, 4.69) is 10.4 Å². The Morgan fingerprint density at radius 3 is 2.64 bits per heavy atom. The van der Waals surface area contributed by atoms with E-state index >= 15 is 0 Å². The molecule has 2 aromatic carbocycles. The van der Waals surface area contributed by atoms with Crippen LogP contribution in [0.5, 0.6) is 5.88 Å². The van der Waals surface area contributed by atoms with Gasteiger partial charge in [0, 0.05) is 6.07 Å². The van der Waals surface area contributed by atoms with Gasteiger partial charge in [-0.2, -0.15) is 0 Å². The summed E-state index contributed by atoms with van der Waals surface area (Å²) >= 11 is 0. The molecule has 1 aliphatic heterocycles. The first-order valence-electron chi connectivity index (χ1n) is 8.03. The standard InChI is InChI=1S/C18H17F2N3O.ClH/c19-12-5-6-15(20)17(11-12)23-16-4-2-1-3-14(16)18(22-23)24-13-7-9-21-10-8-13;/h1-6,11,13,21H,7-10H2;1H. The lowest BCUT2D eigenvalue weighted by Gasteiger charge is -2.22. The Labute approximate surface area is 150 Å². The second-order valence-corrected chi connectivity index (χ2v) is 5.90. The molecule has 132 valence electrons. The van der Waals surface area contributed by atoms with Gasteiger partial charge >= 0.3 is 0 Å². The van der Waals surface area contributed by atoms with Crippen LogP contribution in [-0.2, 0) is 0 Å². The molecule has 4 rings (SSSR count). The van der Waals surface area contributed by atoms with E-state index in [0.717, 1.165) is 49.5 Å². The molecule has 0 amide bonds. The lowest BCUT2D eigenvalue weighted by molar-refractivity contribution is 0.157. The van der Waals surface area contributed by atoms with Crippen LogP contribution in [-0.4, -0.2) is 29.0 Å². The molecule has 0 atom stereocenters. The van der Waals surface area contributed by atoms with Crippen molar-refractivity contribution in [2.75, 3.05) is 13.1 Å². The number of ether oxygens (including phenoxy) is 1. The van der Waals surface area contributed by atoms with Crippen molar-refractivity contribution >= 4 is 23.3 Å². The minimum atomic E-state index is -0.530. The summed E-state index contributed by atoms with van der Waals surface area (Å²) in [5, 5.41) is 8.50. The molecule has 7 heteroatoms. The molecule has 1 N–H and O–H groups in total. The van der Waals surface area contributed by atoms with Gasteiger partial charge in [-0.25, -0.2) is 13.5 Å². The molecule has 0 unspecified atom stereocenters. The molecule has 2 heterocycles. The predicted molar refractivity (Wildman–Crippen MR) is 94.8 cm³/mol. The molecule has 0 spiro atoms. The van der Waals surface area contributed by atoms with Crippen molar-refractivity contribution in [2.24, 2.45) is 0 Å². The molecule has 1 aromatic heterocycles. The third-order valence-electron chi connectivity index (χ3n) is 4.25. The summed E-state index contributed by atoms with van der Waals surface area (Å²) in [6, 6.07) is 10.8. The topological polar surface area (TPSA) is 39.1 Å². The highest BCUT2D eigenvalue weighted by Crippen LogP contribution is 2.30. The summed E-state index contributed by atoms with van der Waals surface area (Å²) in [4.78, 5) is 0. The molecule has 0 saturated carbocycles. The average Bonchev–Trinajstić information content (AvgIpc) is 2.97. The van der Waals surface area contributed by atoms with Crippen molar-refractivity contribution in [1.82, 2.24) is 15.1 Å². The summed E-state index contributed by atoms with van der Waals surface area (Å²) in [5.74, 6) is -0.578. The van der Waals surface area contributed by atoms with Gasteiger partial charge in [0.15, 0.2) is 0 Å². The van der Waals surface area contributed by atoms with Crippen LogP contribution < -0.4 is 10.1 Å². The first kappa shape index (κ1) is 17.6. The average molecular weight is 366 g/mol. The van der Waals surface area contributed by atoms with Crippen molar-refractivity contribution in [3.8, 4) is 11.6 Å². The number of fused-ring (bicyclic) bond motifs is 1. The predicted octanol–water partition coefficient (Wildman–Crippen LogP) is 3.86. The molecule has 4 nitrogen and oxygen atoms in total. The van der Waals surface area contributed by atoms with Gasteiger partial charge in [-0.15, -0.1) is 17.5 Å². The fourth-order valence-corrected chi connectivity index (χ4v) is 3.03. The van der Waals surface area contributed by atoms with E-state index < -0.39 is 11.6 Å². The van der Waals surface area contributed by atoms with Gasteiger partial charge in [0.1, 0.15) is 23.4 Å². The Morgan fingerprint density at radius 1 is 1.08 bits per heavy atom.